The molecule has 1 atom stereocenters. The number of nitrogens with two attached hydrogens (primary N) is 1. The molecular formula is C11H23ClN2O. The van der Waals surface area contributed by atoms with E-state index in [1.807, 2.05) is 6.92 Å². The molecule has 1 aliphatic carbocycles. The summed E-state index contributed by atoms with van der Waals surface area (Å²) in [5.41, 5.74) is 5.69. The van der Waals surface area contributed by atoms with Crippen LogP contribution in [0.1, 0.15) is 34.6 Å². The monoisotopic (exact) mass is 234 g/mol. The number of carbonyl (C=O) groups excluding carboxylic acids is 1. The molecule has 4 heteroatoms. The maximum Gasteiger partial charge on any atom is 0.224 e. The van der Waals surface area contributed by atoms with Crippen LogP contribution in [-0.2, 0) is 4.79 Å². The van der Waals surface area contributed by atoms with Gasteiger partial charge in [0.1, 0.15) is 0 Å². The number of nitrogens with one attached hydrogen (secondary N) is 1. The Morgan fingerprint density at radius 1 is 1.33 bits per heavy atom. The number of hydrogen-bond donors (Lipinski definition) is 2. The van der Waals surface area contributed by atoms with Gasteiger partial charge in [0.2, 0.25) is 5.91 Å². The Bertz CT molecular complexity index is 237. The molecule has 0 aromatic rings. The molecule has 3 nitrogen and oxygen atoms in total. The van der Waals surface area contributed by atoms with E-state index in [2.05, 4.69) is 33.0 Å². The van der Waals surface area contributed by atoms with Crippen LogP contribution in [0.3, 0.4) is 0 Å². The van der Waals surface area contributed by atoms with Crippen molar-refractivity contribution in [1.29, 1.82) is 0 Å². The summed E-state index contributed by atoms with van der Waals surface area (Å²) in [5, 5.41) is 2.94. The zero-order chi connectivity index (χ0) is 11.1. The SMILES string of the molecule is C[C@@H](CN)NC(=O)C1C(C)(C)C1(C)C.Cl. The Balaban J connectivity index is 0.00000196. The second-order valence-electron chi connectivity index (χ2n) is 5.52. The molecular weight excluding hydrogens is 212 g/mol. The van der Waals surface area contributed by atoms with Gasteiger partial charge in [-0.15, -0.1) is 12.4 Å². The van der Waals surface area contributed by atoms with Crippen LogP contribution in [0.4, 0.5) is 0 Å². The lowest BCUT2D eigenvalue weighted by Gasteiger charge is -2.12. The molecule has 0 heterocycles. The molecule has 1 fully saturated rings. The van der Waals surface area contributed by atoms with Crippen molar-refractivity contribution in [2.75, 3.05) is 6.54 Å². The fourth-order valence-corrected chi connectivity index (χ4v) is 2.24. The van der Waals surface area contributed by atoms with Crippen molar-refractivity contribution < 1.29 is 4.79 Å². The average molecular weight is 235 g/mol. The van der Waals surface area contributed by atoms with Crippen molar-refractivity contribution in [1.82, 2.24) is 5.32 Å². The fourth-order valence-electron chi connectivity index (χ4n) is 2.24. The van der Waals surface area contributed by atoms with Crippen LogP contribution >= 0.6 is 12.4 Å². The third kappa shape index (κ3) is 2.28. The number of rotatable bonds is 3. The molecule has 0 saturated heterocycles. The summed E-state index contributed by atoms with van der Waals surface area (Å²) in [6.45, 7) is 11.0. The molecule has 0 bridgehead atoms. The van der Waals surface area contributed by atoms with E-state index in [0.29, 0.717) is 6.54 Å². The number of amides is 1. The van der Waals surface area contributed by atoms with Crippen LogP contribution in [0.25, 0.3) is 0 Å². The molecule has 0 aliphatic heterocycles. The average Bonchev–Trinajstić information content (AvgIpc) is 2.42. The minimum absolute atomic E-state index is 0. The van der Waals surface area contributed by atoms with E-state index >= 15 is 0 Å². The van der Waals surface area contributed by atoms with Gasteiger partial charge in [0.25, 0.3) is 0 Å². The predicted octanol–water partition coefficient (Wildman–Crippen LogP) is 1.55. The minimum atomic E-state index is 0. The maximum absolute atomic E-state index is 11.8. The molecule has 15 heavy (non-hydrogen) atoms. The van der Waals surface area contributed by atoms with Gasteiger partial charge in [-0.1, -0.05) is 27.7 Å². The molecule has 0 unspecified atom stereocenters. The van der Waals surface area contributed by atoms with Gasteiger partial charge in [-0.05, 0) is 17.8 Å². The fraction of sp³-hybridized carbons (Fsp3) is 0.909. The molecule has 0 aromatic heterocycles. The van der Waals surface area contributed by atoms with Gasteiger partial charge >= 0.3 is 0 Å². The van der Waals surface area contributed by atoms with E-state index in [9.17, 15) is 4.79 Å². The lowest BCUT2D eigenvalue weighted by molar-refractivity contribution is -0.124. The maximum atomic E-state index is 11.8. The second-order valence-corrected chi connectivity index (χ2v) is 5.52. The summed E-state index contributed by atoms with van der Waals surface area (Å²) in [7, 11) is 0. The molecule has 0 spiro atoms. The molecule has 1 saturated carbocycles. The van der Waals surface area contributed by atoms with Crippen molar-refractivity contribution in [3.63, 3.8) is 0 Å². The van der Waals surface area contributed by atoms with E-state index in [1.54, 1.807) is 0 Å². The smallest absolute Gasteiger partial charge is 0.224 e. The number of carbonyl (C=O) groups is 1. The summed E-state index contributed by atoms with van der Waals surface area (Å²) in [6.07, 6.45) is 0. The van der Waals surface area contributed by atoms with Crippen molar-refractivity contribution in [3.05, 3.63) is 0 Å². The summed E-state index contributed by atoms with van der Waals surface area (Å²) in [6, 6.07) is 0.0784. The Labute approximate surface area is 98.6 Å². The Morgan fingerprint density at radius 3 is 2.00 bits per heavy atom. The van der Waals surface area contributed by atoms with E-state index in [-0.39, 0.29) is 41.1 Å². The summed E-state index contributed by atoms with van der Waals surface area (Å²) in [5.74, 6) is 0.280. The standard InChI is InChI=1S/C11H22N2O.ClH/c1-7(6-12)13-9(14)8-10(2,3)11(8,4)5;/h7-8H,6,12H2,1-5H3,(H,13,14);1H/t7-;/m0./s1. The lowest BCUT2D eigenvalue weighted by Crippen LogP contribution is -2.39. The summed E-state index contributed by atoms with van der Waals surface area (Å²) >= 11 is 0. The first-order valence-electron chi connectivity index (χ1n) is 5.25. The van der Waals surface area contributed by atoms with E-state index in [1.165, 1.54) is 0 Å². The van der Waals surface area contributed by atoms with Crippen LogP contribution in [-0.4, -0.2) is 18.5 Å². The third-order valence-electron chi connectivity index (χ3n) is 4.03. The molecule has 90 valence electrons. The highest BCUT2D eigenvalue weighted by atomic mass is 35.5. The largest absolute Gasteiger partial charge is 0.352 e. The quantitative estimate of drug-likeness (QED) is 0.779. The van der Waals surface area contributed by atoms with Gasteiger partial charge in [0, 0.05) is 18.5 Å². The summed E-state index contributed by atoms with van der Waals surface area (Å²) < 4.78 is 0. The van der Waals surface area contributed by atoms with E-state index in [0.717, 1.165) is 0 Å². The highest BCUT2D eigenvalue weighted by Gasteiger charge is 2.68. The Hall–Kier alpha value is -0.280. The lowest BCUT2D eigenvalue weighted by atomic mass is 10.0. The van der Waals surface area contributed by atoms with Crippen molar-refractivity contribution in [3.8, 4) is 0 Å². The van der Waals surface area contributed by atoms with Crippen LogP contribution < -0.4 is 11.1 Å². The van der Waals surface area contributed by atoms with Crippen LogP contribution in [0, 0.1) is 16.7 Å². The van der Waals surface area contributed by atoms with Crippen LogP contribution in [0.15, 0.2) is 0 Å². The highest BCUT2D eigenvalue weighted by Crippen LogP contribution is 2.68. The third-order valence-corrected chi connectivity index (χ3v) is 4.03. The zero-order valence-electron chi connectivity index (χ0n) is 10.3. The van der Waals surface area contributed by atoms with Gasteiger partial charge in [0.05, 0.1) is 0 Å². The van der Waals surface area contributed by atoms with Crippen molar-refractivity contribution in [2.24, 2.45) is 22.5 Å². The topological polar surface area (TPSA) is 55.1 Å². The minimum Gasteiger partial charge on any atom is -0.352 e. The van der Waals surface area contributed by atoms with Crippen molar-refractivity contribution in [2.45, 2.75) is 40.7 Å². The summed E-state index contributed by atoms with van der Waals surface area (Å²) in [4.78, 5) is 11.8. The molecule has 1 rings (SSSR count). The zero-order valence-corrected chi connectivity index (χ0v) is 11.1. The second kappa shape index (κ2) is 4.30. The highest BCUT2D eigenvalue weighted by molar-refractivity contribution is 5.85. The number of hydrogen-bond acceptors (Lipinski definition) is 2. The first-order valence-corrected chi connectivity index (χ1v) is 5.25. The van der Waals surface area contributed by atoms with Gasteiger partial charge in [-0.25, -0.2) is 0 Å². The first kappa shape index (κ1) is 14.7. The van der Waals surface area contributed by atoms with Crippen molar-refractivity contribution >= 4 is 18.3 Å². The van der Waals surface area contributed by atoms with Crippen LogP contribution in [0.5, 0.6) is 0 Å². The van der Waals surface area contributed by atoms with Gasteiger partial charge in [-0.3, -0.25) is 4.79 Å². The molecule has 1 aliphatic rings. The van der Waals surface area contributed by atoms with E-state index < -0.39 is 0 Å². The molecule has 1 amide bonds. The molecule has 3 N–H and O–H groups in total. The van der Waals surface area contributed by atoms with Gasteiger partial charge < -0.3 is 11.1 Å². The molecule has 0 aromatic carbocycles. The number of halogens is 1. The van der Waals surface area contributed by atoms with Crippen LogP contribution in [0.2, 0.25) is 0 Å². The van der Waals surface area contributed by atoms with Gasteiger partial charge in [-0.2, -0.15) is 0 Å². The van der Waals surface area contributed by atoms with E-state index in [4.69, 9.17) is 5.73 Å². The first-order chi connectivity index (χ1) is 6.25. The van der Waals surface area contributed by atoms with Gasteiger partial charge in [0.15, 0.2) is 0 Å². The molecule has 0 radical (unpaired) electrons. The Morgan fingerprint density at radius 2 is 1.73 bits per heavy atom. The Kier molecular flexibility index (Phi) is 4.22. The predicted molar refractivity (Wildman–Crippen MR) is 65.0 cm³/mol. The normalized spacial score (nSPS) is 23.9.